The lowest BCUT2D eigenvalue weighted by Gasteiger charge is -2.03. The normalized spacial score (nSPS) is 10.9. The first-order valence-electron chi connectivity index (χ1n) is 6.27. The number of ether oxygens (including phenoxy) is 1. The molecule has 0 bridgehead atoms. The van der Waals surface area contributed by atoms with Crippen molar-refractivity contribution in [2.75, 3.05) is 7.11 Å². The zero-order chi connectivity index (χ0) is 14.1. The third-order valence-corrected chi connectivity index (χ3v) is 4.87. The SMILES string of the molecule is COc1ccc(Sc2[nH]c3ccc(Br)cc3c2C)cc1. The maximum atomic E-state index is 5.18. The molecule has 1 aromatic heterocycles. The molecule has 0 saturated carbocycles. The van der Waals surface area contributed by atoms with E-state index in [-0.39, 0.29) is 0 Å². The van der Waals surface area contributed by atoms with Crippen LogP contribution < -0.4 is 4.74 Å². The Bertz CT molecular complexity index is 749. The molecule has 2 nitrogen and oxygen atoms in total. The number of aryl methyl sites for hydroxylation is 1. The molecule has 0 unspecified atom stereocenters. The quantitative estimate of drug-likeness (QED) is 0.686. The van der Waals surface area contributed by atoms with Crippen LogP contribution in [-0.2, 0) is 0 Å². The van der Waals surface area contributed by atoms with Crippen molar-refractivity contribution >= 4 is 38.6 Å². The summed E-state index contributed by atoms with van der Waals surface area (Å²) < 4.78 is 6.29. The van der Waals surface area contributed by atoms with Crippen molar-refractivity contribution in [1.29, 1.82) is 0 Å². The summed E-state index contributed by atoms with van der Waals surface area (Å²) in [7, 11) is 1.68. The van der Waals surface area contributed by atoms with Crippen LogP contribution in [-0.4, -0.2) is 12.1 Å². The summed E-state index contributed by atoms with van der Waals surface area (Å²) >= 11 is 5.26. The Morgan fingerprint density at radius 3 is 2.55 bits per heavy atom. The molecule has 0 saturated heterocycles. The van der Waals surface area contributed by atoms with Gasteiger partial charge in [-0.1, -0.05) is 27.7 Å². The van der Waals surface area contributed by atoms with Gasteiger partial charge in [0, 0.05) is 20.3 Å². The third-order valence-electron chi connectivity index (χ3n) is 3.25. The number of aromatic amines is 1. The van der Waals surface area contributed by atoms with Crippen molar-refractivity contribution in [3.05, 3.63) is 52.5 Å². The van der Waals surface area contributed by atoms with Crippen molar-refractivity contribution in [2.45, 2.75) is 16.8 Å². The van der Waals surface area contributed by atoms with E-state index in [1.165, 1.54) is 26.4 Å². The van der Waals surface area contributed by atoms with Gasteiger partial charge in [0.1, 0.15) is 5.75 Å². The van der Waals surface area contributed by atoms with Crippen LogP contribution in [0, 0.1) is 6.92 Å². The zero-order valence-electron chi connectivity index (χ0n) is 11.2. The summed E-state index contributed by atoms with van der Waals surface area (Å²) in [5, 5.41) is 2.44. The third kappa shape index (κ3) is 2.58. The van der Waals surface area contributed by atoms with Gasteiger partial charge in [-0.2, -0.15) is 0 Å². The number of fused-ring (bicyclic) bond motifs is 1. The molecule has 0 radical (unpaired) electrons. The van der Waals surface area contributed by atoms with Crippen LogP contribution >= 0.6 is 27.7 Å². The van der Waals surface area contributed by atoms with Gasteiger partial charge in [0.15, 0.2) is 0 Å². The number of benzene rings is 2. The van der Waals surface area contributed by atoms with Crippen LogP contribution in [0.25, 0.3) is 10.9 Å². The van der Waals surface area contributed by atoms with Crippen molar-refractivity contribution in [1.82, 2.24) is 4.98 Å². The summed E-state index contributed by atoms with van der Waals surface area (Å²) in [4.78, 5) is 4.67. The molecule has 1 heterocycles. The fourth-order valence-electron chi connectivity index (χ4n) is 2.14. The minimum Gasteiger partial charge on any atom is -0.497 e. The van der Waals surface area contributed by atoms with Gasteiger partial charge in [-0.25, -0.2) is 0 Å². The minimum atomic E-state index is 0.881. The first kappa shape index (κ1) is 13.6. The van der Waals surface area contributed by atoms with E-state index in [2.05, 4.69) is 58.2 Å². The topological polar surface area (TPSA) is 25.0 Å². The lowest BCUT2D eigenvalue weighted by Crippen LogP contribution is -1.81. The van der Waals surface area contributed by atoms with E-state index in [4.69, 9.17) is 4.74 Å². The molecule has 0 aliphatic rings. The number of rotatable bonds is 3. The maximum absolute atomic E-state index is 5.18. The van der Waals surface area contributed by atoms with E-state index in [0.29, 0.717) is 0 Å². The average molecular weight is 348 g/mol. The van der Waals surface area contributed by atoms with E-state index in [1.54, 1.807) is 18.9 Å². The Balaban J connectivity index is 1.95. The van der Waals surface area contributed by atoms with Crippen LogP contribution in [0.15, 0.2) is 56.9 Å². The molecule has 3 aromatic rings. The fourth-order valence-corrected chi connectivity index (χ4v) is 3.43. The smallest absolute Gasteiger partial charge is 0.118 e. The Labute approximate surface area is 130 Å². The molecule has 102 valence electrons. The molecule has 4 heteroatoms. The Morgan fingerprint density at radius 2 is 1.85 bits per heavy atom. The van der Waals surface area contributed by atoms with Crippen molar-refractivity contribution in [2.24, 2.45) is 0 Å². The van der Waals surface area contributed by atoms with Crippen LogP contribution in [0.1, 0.15) is 5.56 Å². The van der Waals surface area contributed by atoms with Gasteiger partial charge in [0.2, 0.25) is 0 Å². The van der Waals surface area contributed by atoms with Gasteiger partial charge in [-0.15, -0.1) is 0 Å². The number of hydrogen-bond acceptors (Lipinski definition) is 2. The molecule has 20 heavy (non-hydrogen) atoms. The van der Waals surface area contributed by atoms with E-state index in [9.17, 15) is 0 Å². The van der Waals surface area contributed by atoms with Gasteiger partial charge in [-0.05, 0) is 55.0 Å². The number of nitrogens with one attached hydrogen (secondary N) is 1. The molecule has 0 aliphatic carbocycles. The number of H-pyrrole nitrogens is 1. The van der Waals surface area contributed by atoms with E-state index in [0.717, 1.165) is 10.2 Å². The largest absolute Gasteiger partial charge is 0.497 e. The summed E-state index contributed by atoms with van der Waals surface area (Å²) in [6.07, 6.45) is 0. The van der Waals surface area contributed by atoms with Gasteiger partial charge < -0.3 is 9.72 Å². The van der Waals surface area contributed by atoms with Crippen LogP contribution in [0.3, 0.4) is 0 Å². The second kappa shape index (κ2) is 5.54. The first-order valence-corrected chi connectivity index (χ1v) is 7.88. The zero-order valence-corrected chi connectivity index (χ0v) is 13.6. The summed E-state index contributed by atoms with van der Waals surface area (Å²) in [6, 6.07) is 14.4. The van der Waals surface area contributed by atoms with Crippen LogP contribution in [0.4, 0.5) is 0 Å². The standard InChI is InChI=1S/C16H14BrNOS/c1-10-14-9-11(17)3-8-15(14)18-16(10)20-13-6-4-12(19-2)5-7-13/h3-9,18H,1-2H3. The van der Waals surface area contributed by atoms with Gasteiger partial charge >= 0.3 is 0 Å². The maximum Gasteiger partial charge on any atom is 0.118 e. The molecule has 2 aromatic carbocycles. The van der Waals surface area contributed by atoms with Crippen molar-refractivity contribution in [3.8, 4) is 5.75 Å². The number of methoxy groups -OCH3 is 1. The molecule has 3 rings (SSSR count). The minimum absolute atomic E-state index is 0.881. The van der Waals surface area contributed by atoms with Crippen molar-refractivity contribution < 1.29 is 4.74 Å². The second-order valence-electron chi connectivity index (χ2n) is 4.55. The van der Waals surface area contributed by atoms with E-state index >= 15 is 0 Å². The first-order chi connectivity index (χ1) is 9.67. The summed E-state index contributed by atoms with van der Waals surface area (Å²) in [5.41, 5.74) is 2.45. The highest BCUT2D eigenvalue weighted by Crippen LogP contribution is 2.35. The number of hydrogen-bond donors (Lipinski definition) is 1. The van der Waals surface area contributed by atoms with Crippen LogP contribution in [0.5, 0.6) is 5.75 Å². The molecule has 0 amide bonds. The molecule has 0 fully saturated rings. The van der Waals surface area contributed by atoms with Gasteiger partial charge in [-0.3, -0.25) is 0 Å². The molecule has 0 aliphatic heterocycles. The Hall–Kier alpha value is -1.39. The molecular formula is C16H14BrNOS. The highest BCUT2D eigenvalue weighted by atomic mass is 79.9. The Morgan fingerprint density at radius 1 is 1.10 bits per heavy atom. The fraction of sp³-hybridized carbons (Fsp3) is 0.125. The summed E-state index contributed by atoms with van der Waals surface area (Å²) in [6.45, 7) is 2.15. The highest BCUT2D eigenvalue weighted by molar-refractivity contribution is 9.10. The average Bonchev–Trinajstić information content (AvgIpc) is 2.76. The lowest BCUT2D eigenvalue weighted by molar-refractivity contribution is 0.414. The highest BCUT2D eigenvalue weighted by Gasteiger charge is 2.09. The summed E-state index contributed by atoms with van der Waals surface area (Å²) in [5.74, 6) is 0.881. The molecule has 1 N–H and O–H groups in total. The van der Waals surface area contributed by atoms with E-state index < -0.39 is 0 Å². The predicted molar refractivity (Wildman–Crippen MR) is 87.9 cm³/mol. The molecule has 0 spiro atoms. The molecule has 0 atom stereocenters. The van der Waals surface area contributed by atoms with Gasteiger partial charge in [0.25, 0.3) is 0 Å². The number of halogens is 1. The van der Waals surface area contributed by atoms with Gasteiger partial charge in [0.05, 0.1) is 12.1 Å². The second-order valence-corrected chi connectivity index (χ2v) is 6.55. The molecular weight excluding hydrogens is 334 g/mol. The lowest BCUT2D eigenvalue weighted by atomic mass is 10.2. The Kier molecular flexibility index (Phi) is 3.76. The predicted octanol–water partition coefficient (Wildman–Crippen LogP) is 5.40. The monoisotopic (exact) mass is 347 g/mol. The van der Waals surface area contributed by atoms with Crippen molar-refractivity contribution in [3.63, 3.8) is 0 Å². The number of aromatic nitrogens is 1. The van der Waals surface area contributed by atoms with E-state index in [1.807, 2.05) is 12.1 Å². The van der Waals surface area contributed by atoms with Crippen LogP contribution in [0.2, 0.25) is 0 Å².